The molecule has 2 saturated carbocycles. The van der Waals surface area contributed by atoms with E-state index < -0.39 is 0 Å². The third kappa shape index (κ3) is 2.91. The van der Waals surface area contributed by atoms with E-state index in [0.717, 1.165) is 24.5 Å². The van der Waals surface area contributed by atoms with Gasteiger partial charge >= 0.3 is 0 Å². The fourth-order valence-electron chi connectivity index (χ4n) is 5.49. The Kier molecular flexibility index (Phi) is 4.05. The van der Waals surface area contributed by atoms with E-state index in [2.05, 4.69) is 25.3 Å². The van der Waals surface area contributed by atoms with Crippen LogP contribution in [-0.4, -0.2) is 49.4 Å². The standard InChI is InChI=1S/C23H21ClN6O/c1-13-3-5-16(19(28-13)21-25-7-2-8-26-21)22(31)30-12-14-9-23(14)10-17(20(23)30)29-18-6-4-15(24)11-27-18/h2-8,11,14,17,20H,9-10,12H2,1H3,(H,27,29). The minimum absolute atomic E-state index is 0.00194. The highest BCUT2D eigenvalue weighted by Crippen LogP contribution is 2.71. The first kappa shape index (κ1) is 18.7. The van der Waals surface area contributed by atoms with E-state index in [1.54, 1.807) is 24.7 Å². The van der Waals surface area contributed by atoms with E-state index in [-0.39, 0.29) is 23.4 Å². The van der Waals surface area contributed by atoms with Crippen LogP contribution < -0.4 is 5.32 Å². The summed E-state index contributed by atoms with van der Waals surface area (Å²) in [6.07, 6.45) is 7.25. The van der Waals surface area contributed by atoms with Crippen molar-refractivity contribution in [2.24, 2.45) is 11.3 Å². The van der Waals surface area contributed by atoms with Gasteiger partial charge < -0.3 is 10.2 Å². The first-order valence-corrected chi connectivity index (χ1v) is 10.9. The van der Waals surface area contributed by atoms with Crippen LogP contribution in [0.25, 0.3) is 11.5 Å². The predicted octanol–water partition coefficient (Wildman–Crippen LogP) is 3.61. The minimum Gasteiger partial charge on any atom is -0.365 e. The maximum absolute atomic E-state index is 13.7. The SMILES string of the molecule is Cc1ccc(C(=O)N2CC3CC34CC(Nc3ccc(Cl)cn3)C24)c(-c2ncccn2)n1. The number of pyridine rings is 2. The lowest BCUT2D eigenvalue weighted by Crippen LogP contribution is -2.60. The molecule has 0 bridgehead atoms. The predicted molar refractivity (Wildman–Crippen MR) is 117 cm³/mol. The molecule has 4 unspecified atom stereocenters. The van der Waals surface area contributed by atoms with E-state index in [4.69, 9.17) is 11.6 Å². The largest absolute Gasteiger partial charge is 0.365 e. The van der Waals surface area contributed by atoms with Gasteiger partial charge in [0.25, 0.3) is 5.91 Å². The summed E-state index contributed by atoms with van der Waals surface area (Å²) >= 11 is 5.96. The number of anilines is 1. The first-order valence-electron chi connectivity index (χ1n) is 10.5. The normalized spacial score (nSPS) is 27.8. The fourth-order valence-corrected chi connectivity index (χ4v) is 5.60. The van der Waals surface area contributed by atoms with Crippen LogP contribution in [0.3, 0.4) is 0 Å². The number of piperidine rings is 1. The van der Waals surface area contributed by atoms with Crippen molar-refractivity contribution >= 4 is 23.3 Å². The molecule has 1 aliphatic heterocycles. The Labute approximate surface area is 184 Å². The van der Waals surface area contributed by atoms with Crippen LogP contribution in [0.1, 0.15) is 28.9 Å². The maximum Gasteiger partial charge on any atom is 0.256 e. The summed E-state index contributed by atoms with van der Waals surface area (Å²) < 4.78 is 0. The third-order valence-corrected chi connectivity index (χ3v) is 7.19. The lowest BCUT2D eigenvalue weighted by molar-refractivity contribution is 0.0472. The molecular formula is C23H21ClN6O. The topological polar surface area (TPSA) is 83.9 Å². The van der Waals surface area contributed by atoms with Gasteiger partial charge in [-0.2, -0.15) is 0 Å². The number of hydrogen-bond acceptors (Lipinski definition) is 6. The zero-order chi connectivity index (χ0) is 21.2. The molecule has 4 heterocycles. The second-order valence-electron chi connectivity index (χ2n) is 8.77. The zero-order valence-electron chi connectivity index (χ0n) is 17.0. The van der Waals surface area contributed by atoms with Crippen molar-refractivity contribution in [2.75, 3.05) is 11.9 Å². The summed E-state index contributed by atoms with van der Waals surface area (Å²) in [5.41, 5.74) is 2.20. The molecule has 6 rings (SSSR count). The summed E-state index contributed by atoms with van der Waals surface area (Å²) in [7, 11) is 0. The monoisotopic (exact) mass is 432 g/mol. The van der Waals surface area contributed by atoms with Gasteiger partial charge in [0.15, 0.2) is 5.82 Å². The number of carbonyl (C=O) groups excluding carboxylic acids is 1. The third-order valence-electron chi connectivity index (χ3n) is 6.97. The lowest BCUT2D eigenvalue weighted by atomic mass is 9.71. The highest BCUT2D eigenvalue weighted by molar-refractivity contribution is 6.30. The van der Waals surface area contributed by atoms with Crippen molar-refractivity contribution in [3.63, 3.8) is 0 Å². The van der Waals surface area contributed by atoms with Gasteiger partial charge in [0.2, 0.25) is 0 Å². The van der Waals surface area contributed by atoms with Gasteiger partial charge in [-0.3, -0.25) is 4.79 Å². The molecular weight excluding hydrogens is 412 g/mol. The maximum atomic E-state index is 13.7. The summed E-state index contributed by atoms with van der Waals surface area (Å²) in [5.74, 6) is 1.85. The Morgan fingerprint density at radius 3 is 2.77 bits per heavy atom. The highest BCUT2D eigenvalue weighted by Gasteiger charge is 2.75. The van der Waals surface area contributed by atoms with Crippen LogP contribution in [0.4, 0.5) is 5.82 Å². The second kappa shape index (κ2) is 6.72. The van der Waals surface area contributed by atoms with Crippen molar-refractivity contribution in [2.45, 2.75) is 31.8 Å². The minimum atomic E-state index is 0.00194. The fraction of sp³-hybridized carbons (Fsp3) is 0.348. The van der Waals surface area contributed by atoms with Crippen molar-refractivity contribution in [1.29, 1.82) is 0 Å². The van der Waals surface area contributed by atoms with Gasteiger partial charge in [0, 0.05) is 36.9 Å². The number of rotatable bonds is 4. The molecule has 2 aliphatic carbocycles. The van der Waals surface area contributed by atoms with Crippen LogP contribution >= 0.6 is 11.6 Å². The summed E-state index contributed by atoms with van der Waals surface area (Å²) in [4.78, 5) is 33.4. The Bertz CT molecular complexity index is 1170. The molecule has 8 heteroatoms. The quantitative estimate of drug-likeness (QED) is 0.678. The molecule has 3 fully saturated rings. The number of likely N-dealkylation sites (tertiary alicyclic amines) is 1. The van der Waals surface area contributed by atoms with Gasteiger partial charge in [0.05, 0.1) is 16.6 Å². The van der Waals surface area contributed by atoms with Gasteiger partial charge in [-0.05, 0) is 61.4 Å². The molecule has 1 amide bonds. The summed E-state index contributed by atoms with van der Waals surface area (Å²) in [5, 5.41) is 4.13. The number of aromatic nitrogens is 4. The molecule has 156 valence electrons. The van der Waals surface area contributed by atoms with E-state index >= 15 is 0 Å². The Morgan fingerprint density at radius 1 is 1.16 bits per heavy atom. The average molecular weight is 433 g/mol. The molecule has 3 aromatic rings. The Balaban J connectivity index is 1.30. The first-order chi connectivity index (χ1) is 15.0. The summed E-state index contributed by atoms with van der Waals surface area (Å²) in [6.45, 7) is 2.70. The number of carbonyl (C=O) groups is 1. The second-order valence-corrected chi connectivity index (χ2v) is 9.21. The number of aryl methyl sites for hydroxylation is 1. The zero-order valence-corrected chi connectivity index (χ0v) is 17.8. The molecule has 0 radical (unpaired) electrons. The summed E-state index contributed by atoms with van der Waals surface area (Å²) in [6, 6.07) is 9.54. The van der Waals surface area contributed by atoms with Gasteiger partial charge in [0.1, 0.15) is 11.5 Å². The van der Waals surface area contributed by atoms with E-state index in [0.29, 0.717) is 28.0 Å². The van der Waals surface area contributed by atoms with Crippen molar-refractivity contribution in [1.82, 2.24) is 24.8 Å². The van der Waals surface area contributed by atoms with Gasteiger partial charge in [-0.1, -0.05) is 11.6 Å². The average Bonchev–Trinajstić information content (AvgIpc) is 3.43. The van der Waals surface area contributed by atoms with Crippen LogP contribution in [0, 0.1) is 18.3 Å². The van der Waals surface area contributed by atoms with Crippen molar-refractivity contribution in [3.8, 4) is 11.5 Å². The van der Waals surface area contributed by atoms with Crippen molar-refractivity contribution in [3.05, 3.63) is 65.2 Å². The molecule has 0 aromatic carbocycles. The molecule has 31 heavy (non-hydrogen) atoms. The van der Waals surface area contributed by atoms with Crippen LogP contribution in [0.2, 0.25) is 5.02 Å². The van der Waals surface area contributed by atoms with Crippen LogP contribution in [-0.2, 0) is 0 Å². The molecule has 3 aromatic heterocycles. The van der Waals surface area contributed by atoms with Crippen LogP contribution in [0.5, 0.6) is 0 Å². The number of hydrogen-bond donors (Lipinski definition) is 1. The lowest BCUT2D eigenvalue weighted by Gasteiger charge is -2.48. The molecule has 1 N–H and O–H groups in total. The molecule has 1 saturated heterocycles. The Hall–Kier alpha value is -3.06. The Morgan fingerprint density at radius 2 is 2.00 bits per heavy atom. The highest BCUT2D eigenvalue weighted by atomic mass is 35.5. The van der Waals surface area contributed by atoms with Crippen LogP contribution in [0.15, 0.2) is 48.9 Å². The molecule has 4 atom stereocenters. The number of halogens is 1. The van der Waals surface area contributed by atoms with E-state index in [9.17, 15) is 4.79 Å². The number of nitrogens with one attached hydrogen (secondary N) is 1. The smallest absolute Gasteiger partial charge is 0.256 e. The molecule has 7 nitrogen and oxygen atoms in total. The molecule has 1 spiro atoms. The molecule has 3 aliphatic rings. The van der Waals surface area contributed by atoms with Gasteiger partial charge in [-0.25, -0.2) is 19.9 Å². The van der Waals surface area contributed by atoms with Crippen molar-refractivity contribution < 1.29 is 4.79 Å². The number of nitrogens with zero attached hydrogens (tertiary/aromatic N) is 5. The van der Waals surface area contributed by atoms with Gasteiger partial charge in [-0.15, -0.1) is 0 Å². The number of amides is 1. The van der Waals surface area contributed by atoms with E-state index in [1.807, 2.05) is 36.1 Å². The van der Waals surface area contributed by atoms with E-state index in [1.165, 1.54) is 6.42 Å².